The fraction of sp³-hybridized carbons (Fsp3) is 0.250. The minimum Gasteiger partial charge on any atom is -0.448 e. The molecule has 0 radical (unpaired) electrons. The van der Waals surface area contributed by atoms with Crippen LogP contribution in [0.25, 0.3) is 21.0 Å². The molecule has 0 spiro atoms. The Bertz CT molecular complexity index is 1140. The number of amides is 1. The number of likely N-dealkylation sites (tertiary alicyclic amines) is 1. The Balaban J connectivity index is 1.26. The number of furan rings is 1. The maximum absolute atomic E-state index is 12.7. The van der Waals surface area contributed by atoms with Crippen LogP contribution in [0.3, 0.4) is 0 Å². The zero-order valence-corrected chi connectivity index (χ0v) is 17.5. The largest absolute Gasteiger partial charge is 0.448 e. The molecular formula is C24H24N3O2S+. The quantitative estimate of drug-likeness (QED) is 0.502. The monoisotopic (exact) mass is 418 g/mol. The van der Waals surface area contributed by atoms with Gasteiger partial charge in [-0.2, -0.15) is 0 Å². The molecule has 5 rings (SSSR count). The van der Waals surface area contributed by atoms with Crippen LogP contribution in [0.5, 0.6) is 0 Å². The number of benzene rings is 2. The molecule has 1 aliphatic heterocycles. The van der Waals surface area contributed by atoms with Crippen LogP contribution in [0.15, 0.2) is 65.1 Å². The number of aromatic nitrogens is 1. The van der Waals surface area contributed by atoms with Crippen LogP contribution in [-0.2, 0) is 13.1 Å². The van der Waals surface area contributed by atoms with Gasteiger partial charge in [0.05, 0.1) is 23.3 Å². The fourth-order valence-corrected chi connectivity index (χ4v) is 4.97. The van der Waals surface area contributed by atoms with E-state index >= 15 is 0 Å². The van der Waals surface area contributed by atoms with Gasteiger partial charge in [0.25, 0.3) is 5.91 Å². The molecule has 5 nitrogen and oxygen atoms in total. The summed E-state index contributed by atoms with van der Waals surface area (Å²) in [6, 6.07) is 19.9. The molecule has 0 saturated carbocycles. The molecule has 0 bridgehead atoms. The lowest BCUT2D eigenvalue weighted by molar-refractivity contribution is -0.901. The fourth-order valence-electron chi connectivity index (χ4n) is 4.04. The van der Waals surface area contributed by atoms with E-state index in [1.165, 1.54) is 37.1 Å². The predicted octanol–water partition coefficient (Wildman–Crippen LogP) is 3.67. The van der Waals surface area contributed by atoms with Crippen LogP contribution in [0.4, 0.5) is 0 Å². The maximum atomic E-state index is 12.7. The Morgan fingerprint density at radius 1 is 1.00 bits per heavy atom. The number of carbonyl (C=O) groups excluding carboxylic acids is 1. The molecule has 1 fully saturated rings. The predicted molar refractivity (Wildman–Crippen MR) is 119 cm³/mol. The van der Waals surface area contributed by atoms with E-state index in [1.54, 1.807) is 22.3 Å². The highest BCUT2D eigenvalue weighted by Gasteiger charge is 2.18. The van der Waals surface area contributed by atoms with E-state index in [9.17, 15) is 4.79 Å². The summed E-state index contributed by atoms with van der Waals surface area (Å²) in [5, 5.41) is 3.80. The maximum Gasteiger partial charge on any atom is 0.287 e. The van der Waals surface area contributed by atoms with E-state index in [0.717, 1.165) is 21.8 Å². The summed E-state index contributed by atoms with van der Waals surface area (Å²) >= 11 is 1.56. The molecule has 152 valence electrons. The molecular weight excluding hydrogens is 394 g/mol. The van der Waals surface area contributed by atoms with Crippen LogP contribution >= 0.6 is 11.3 Å². The van der Waals surface area contributed by atoms with Crippen molar-refractivity contribution in [2.45, 2.75) is 25.9 Å². The minimum atomic E-state index is -0.203. The molecule has 1 amide bonds. The third-order valence-corrected chi connectivity index (χ3v) is 6.69. The average molecular weight is 419 g/mol. The third kappa shape index (κ3) is 4.01. The van der Waals surface area contributed by atoms with Gasteiger partial charge in [0.2, 0.25) is 0 Å². The van der Waals surface area contributed by atoms with Crippen molar-refractivity contribution in [1.82, 2.24) is 10.3 Å². The van der Waals surface area contributed by atoms with Crippen molar-refractivity contribution in [2.24, 2.45) is 0 Å². The second-order valence-electron chi connectivity index (χ2n) is 7.74. The topological polar surface area (TPSA) is 59.6 Å². The number of para-hydroxylation sites is 1. The molecule has 2 N–H and O–H groups in total. The smallest absolute Gasteiger partial charge is 0.287 e. The van der Waals surface area contributed by atoms with Gasteiger partial charge in [-0.15, -0.1) is 11.3 Å². The SMILES string of the molecule is O=C(NCc1ccccc1C[NH+]1CCCC1)c1ccc(-c2nc3ccccc3s2)o1. The second kappa shape index (κ2) is 8.42. The van der Waals surface area contributed by atoms with Gasteiger partial charge in [-0.25, -0.2) is 4.98 Å². The van der Waals surface area contributed by atoms with E-state index in [1.807, 2.05) is 36.4 Å². The van der Waals surface area contributed by atoms with Gasteiger partial charge in [-0.05, 0) is 29.8 Å². The lowest BCUT2D eigenvalue weighted by atomic mass is 10.1. The van der Waals surface area contributed by atoms with Crippen molar-refractivity contribution >= 4 is 27.5 Å². The number of quaternary nitrogens is 1. The van der Waals surface area contributed by atoms with Crippen molar-refractivity contribution in [2.75, 3.05) is 13.1 Å². The zero-order chi connectivity index (χ0) is 20.3. The number of hydrogen-bond acceptors (Lipinski definition) is 4. The Labute approximate surface area is 179 Å². The summed E-state index contributed by atoms with van der Waals surface area (Å²) in [6.07, 6.45) is 2.62. The van der Waals surface area contributed by atoms with Gasteiger partial charge >= 0.3 is 0 Å². The zero-order valence-electron chi connectivity index (χ0n) is 16.7. The lowest BCUT2D eigenvalue weighted by Crippen LogP contribution is -3.08. The van der Waals surface area contributed by atoms with Gasteiger partial charge in [0.15, 0.2) is 16.5 Å². The highest BCUT2D eigenvalue weighted by molar-refractivity contribution is 7.21. The molecule has 3 heterocycles. The Hall–Kier alpha value is -2.96. The molecule has 2 aromatic carbocycles. The van der Waals surface area contributed by atoms with Gasteiger partial charge in [-0.3, -0.25) is 4.79 Å². The van der Waals surface area contributed by atoms with E-state index < -0.39 is 0 Å². The molecule has 2 aromatic heterocycles. The van der Waals surface area contributed by atoms with Crippen molar-refractivity contribution in [3.63, 3.8) is 0 Å². The minimum absolute atomic E-state index is 0.203. The number of hydrogen-bond donors (Lipinski definition) is 2. The standard InChI is InChI=1S/C24H23N3O2S/c28-23(25-15-17-7-1-2-8-18(17)16-27-13-5-6-14-27)20-11-12-21(29-20)24-26-19-9-3-4-10-22(19)30-24/h1-4,7-12H,5-6,13-16H2,(H,25,28)/p+1. The normalized spacial score (nSPS) is 14.4. The van der Waals surface area contributed by atoms with E-state index in [4.69, 9.17) is 4.42 Å². The van der Waals surface area contributed by atoms with Crippen molar-refractivity contribution in [1.29, 1.82) is 0 Å². The summed E-state index contributed by atoms with van der Waals surface area (Å²) in [5.41, 5.74) is 3.42. The summed E-state index contributed by atoms with van der Waals surface area (Å²) in [7, 11) is 0. The number of nitrogens with zero attached hydrogens (tertiary/aromatic N) is 1. The van der Waals surface area contributed by atoms with Crippen LogP contribution in [0.1, 0.15) is 34.5 Å². The van der Waals surface area contributed by atoms with Crippen LogP contribution in [0, 0.1) is 0 Å². The Morgan fingerprint density at radius 2 is 1.77 bits per heavy atom. The number of rotatable bonds is 6. The number of fused-ring (bicyclic) bond motifs is 1. The van der Waals surface area contributed by atoms with Crippen molar-refractivity contribution < 1.29 is 14.1 Å². The Kier molecular flexibility index (Phi) is 5.34. The van der Waals surface area contributed by atoms with Gasteiger partial charge in [-0.1, -0.05) is 36.4 Å². The third-order valence-electron chi connectivity index (χ3n) is 5.64. The van der Waals surface area contributed by atoms with E-state index in [0.29, 0.717) is 18.1 Å². The lowest BCUT2D eigenvalue weighted by Gasteiger charge is -2.15. The molecule has 0 aliphatic carbocycles. The first-order valence-corrected chi connectivity index (χ1v) is 11.2. The number of nitrogens with one attached hydrogen (secondary N) is 2. The number of carbonyl (C=O) groups is 1. The van der Waals surface area contributed by atoms with Crippen molar-refractivity contribution in [3.05, 3.63) is 77.6 Å². The molecule has 1 saturated heterocycles. The first-order chi connectivity index (χ1) is 14.8. The van der Waals surface area contributed by atoms with E-state index in [-0.39, 0.29) is 5.91 Å². The molecule has 1 aliphatic rings. The Morgan fingerprint density at radius 3 is 2.60 bits per heavy atom. The van der Waals surface area contributed by atoms with Gasteiger partial charge in [0, 0.05) is 24.9 Å². The average Bonchev–Trinajstić information content (AvgIpc) is 3.52. The van der Waals surface area contributed by atoms with Gasteiger partial charge in [0.1, 0.15) is 6.54 Å². The summed E-state index contributed by atoms with van der Waals surface area (Å²) < 4.78 is 6.92. The van der Waals surface area contributed by atoms with Crippen LogP contribution in [0.2, 0.25) is 0 Å². The molecule has 6 heteroatoms. The molecule has 0 unspecified atom stereocenters. The first-order valence-electron chi connectivity index (χ1n) is 10.4. The molecule has 0 atom stereocenters. The van der Waals surface area contributed by atoms with Gasteiger partial charge < -0.3 is 14.6 Å². The van der Waals surface area contributed by atoms with E-state index in [2.05, 4.69) is 28.5 Å². The summed E-state index contributed by atoms with van der Waals surface area (Å²) in [4.78, 5) is 18.9. The molecule has 4 aromatic rings. The van der Waals surface area contributed by atoms with Crippen molar-refractivity contribution in [3.8, 4) is 10.8 Å². The summed E-state index contributed by atoms with van der Waals surface area (Å²) in [5.74, 6) is 0.733. The van der Waals surface area contributed by atoms with Crippen LogP contribution < -0.4 is 10.2 Å². The second-order valence-corrected chi connectivity index (χ2v) is 8.77. The summed E-state index contributed by atoms with van der Waals surface area (Å²) in [6.45, 7) is 4.00. The van der Waals surface area contributed by atoms with Crippen LogP contribution in [-0.4, -0.2) is 24.0 Å². The first kappa shape index (κ1) is 19.0. The number of thiazole rings is 1. The highest BCUT2D eigenvalue weighted by atomic mass is 32.1. The molecule has 30 heavy (non-hydrogen) atoms. The highest BCUT2D eigenvalue weighted by Crippen LogP contribution is 2.31.